The van der Waals surface area contributed by atoms with Crippen LogP contribution in [0.1, 0.15) is 16.8 Å². The molecule has 0 amide bonds. The van der Waals surface area contributed by atoms with Crippen LogP contribution in [0.25, 0.3) is 10.9 Å². The summed E-state index contributed by atoms with van der Waals surface area (Å²) in [6.45, 7) is 5.69. The standard InChI is InChI=1S/C12H12FN/c1-7-4-9(3)14-12-5-8(2)11(13)6-10(7)12/h4-6H,1-3H3. The van der Waals surface area contributed by atoms with Crippen LogP contribution in [-0.2, 0) is 0 Å². The van der Waals surface area contributed by atoms with Crippen LogP contribution in [0.5, 0.6) is 0 Å². The van der Waals surface area contributed by atoms with Crippen molar-refractivity contribution < 1.29 is 4.39 Å². The van der Waals surface area contributed by atoms with Gasteiger partial charge in [-0.3, -0.25) is 4.98 Å². The molecule has 14 heavy (non-hydrogen) atoms. The summed E-state index contributed by atoms with van der Waals surface area (Å²) < 4.78 is 13.3. The fourth-order valence-corrected chi connectivity index (χ4v) is 1.69. The first kappa shape index (κ1) is 9.13. The van der Waals surface area contributed by atoms with E-state index in [1.165, 1.54) is 0 Å². The molecule has 0 N–H and O–H groups in total. The number of nitrogens with zero attached hydrogens (tertiary/aromatic N) is 1. The molecule has 0 aliphatic heterocycles. The van der Waals surface area contributed by atoms with Crippen molar-refractivity contribution in [3.05, 3.63) is 40.8 Å². The average molecular weight is 189 g/mol. The molecule has 2 aromatic rings. The summed E-state index contributed by atoms with van der Waals surface area (Å²) in [6.07, 6.45) is 0. The number of pyridine rings is 1. The highest BCUT2D eigenvalue weighted by Gasteiger charge is 2.04. The summed E-state index contributed by atoms with van der Waals surface area (Å²) in [4.78, 5) is 4.37. The minimum absolute atomic E-state index is 0.161. The molecule has 2 rings (SSSR count). The minimum atomic E-state index is -0.161. The summed E-state index contributed by atoms with van der Waals surface area (Å²) in [5.41, 5.74) is 3.57. The maximum Gasteiger partial charge on any atom is 0.126 e. The van der Waals surface area contributed by atoms with Crippen molar-refractivity contribution in [1.29, 1.82) is 0 Å². The van der Waals surface area contributed by atoms with E-state index < -0.39 is 0 Å². The SMILES string of the molecule is Cc1cc(C)c2cc(F)c(C)cc2n1. The Morgan fingerprint density at radius 1 is 1.00 bits per heavy atom. The number of aryl methyl sites for hydroxylation is 3. The first-order valence-electron chi connectivity index (χ1n) is 4.62. The second-order valence-corrected chi connectivity index (χ2v) is 3.70. The molecule has 0 radical (unpaired) electrons. The van der Waals surface area contributed by atoms with Gasteiger partial charge in [-0.25, -0.2) is 4.39 Å². The van der Waals surface area contributed by atoms with E-state index in [9.17, 15) is 4.39 Å². The van der Waals surface area contributed by atoms with Gasteiger partial charge >= 0.3 is 0 Å². The second kappa shape index (κ2) is 3.05. The molecule has 0 aliphatic carbocycles. The van der Waals surface area contributed by atoms with Crippen LogP contribution in [0, 0.1) is 26.6 Å². The zero-order valence-electron chi connectivity index (χ0n) is 8.56. The number of halogens is 1. The van der Waals surface area contributed by atoms with Gasteiger partial charge in [0.2, 0.25) is 0 Å². The topological polar surface area (TPSA) is 12.9 Å². The van der Waals surface area contributed by atoms with Gasteiger partial charge in [-0.1, -0.05) is 0 Å². The third kappa shape index (κ3) is 1.37. The molecule has 1 aromatic carbocycles. The van der Waals surface area contributed by atoms with Crippen LogP contribution in [0.15, 0.2) is 18.2 Å². The van der Waals surface area contributed by atoms with Gasteiger partial charge in [0.25, 0.3) is 0 Å². The number of rotatable bonds is 0. The first-order valence-corrected chi connectivity index (χ1v) is 4.62. The molecule has 1 heterocycles. The normalized spacial score (nSPS) is 10.9. The van der Waals surface area contributed by atoms with E-state index in [0.717, 1.165) is 22.2 Å². The Hall–Kier alpha value is -1.44. The number of hydrogen-bond acceptors (Lipinski definition) is 1. The van der Waals surface area contributed by atoms with Crippen molar-refractivity contribution >= 4 is 10.9 Å². The van der Waals surface area contributed by atoms with E-state index in [1.807, 2.05) is 19.9 Å². The van der Waals surface area contributed by atoms with E-state index in [4.69, 9.17) is 0 Å². The Balaban J connectivity index is 2.89. The first-order chi connectivity index (χ1) is 6.58. The third-order valence-corrected chi connectivity index (χ3v) is 2.42. The monoisotopic (exact) mass is 189 g/mol. The van der Waals surface area contributed by atoms with Crippen molar-refractivity contribution in [3.63, 3.8) is 0 Å². The summed E-state index contributed by atoms with van der Waals surface area (Å²) in [7, 11) is 0. The van der Waals surface area contributed by atoms with Gasteiger partial charge < -0.3 is 0 Å². The van der Waals surface area contributed by atoms with Gasteiger partial charge in [0, 0.05) is 11.1 Å². The molecule has 0 saturated heterocycles. The van der Waals surface area contributed by atoms with Crippen molar-refractivity contribution in [2.45, 2.75) is 20.8 Å². The molecular formula is C12H12FN. The van der Waals surface area contributed by atoms with E-state index in [0.29, 0.717) is 5.56 Å². The smallest absolute Gasteiger partial charge is 0.126 e. The molecule has 0 saturated carbocycles. The van der Waals surface area contributed by atoms with Crippen molar-refractivity contribution in [2.24, 2.45) is 0 Å². The molecule has 2 heteroatoms. The predicted octanol–water partition coefficient (Wildman–Crippen LogP) is 3.30. The van der Waals surface area contributed by atoms with E-state index >= 15 is 0 Å². The zero-order chi connectivity index (χ0) is 10.3. The van der Waals surface area contributed by atoms with E-state index in [-0.39, 0.29) is 5.82 Å². The highest BCUT2D eigenvalue weighted by Crippen LogP contribution is 2.21. The lowest BCUT2D eigenvalue weighted by atomic mass is 10.1. The molecule has 1 aromatic heterocycles. The maximum atomic E-state index is 13.3. The predicted molar refractivity (Wildman–Crippen MR) is 55.9 cm³/mol. The van der Waals surface area contributed by atoms with Crippen LogP contribution in [0.3, 0.4) is 0 Å². The van der Waals surface area contributed by atoms with Crippen LogP contribution in [-0.4, -0.2) is 4.98 Å². The summed E-state index contributed by atoms with van der Waals surface area (Å²) >= 11 is 0. The zero-order valence-corrected chi connectivity index (χ0v) is 8.56. The lowest BCUT2D eigenvalue weighted by molar-refractivity contribution is 0.620. The Bertz CT molecular complexity index is 503. The largest absolute Gasteiger partial charge is 0.253 e. The third-order valence-electron chi connectivity index (χ3n) is 2.42. The molecule has 0 bridgehead atoms. The fourth-order valence-electron chi connectivity index (χ4n) is 1.69. The second-order valence-electron chi connectivity index (χ2n) is 3.70. The summed E-state index contributed by atoms with van der Waals surface area (Å²) in [5, 5.41) is 0.902. The summed E-state index contributed by atoms with van der Waals surface area (Å²) in [5.74, 6) is -0.161. The van der Waals surface area contributed by atoms with Crippen molar-refractivity contribution in [3.8, 4) is 0 Å². The number of benzene rings is 1. The van der Waals surface area contributed by atoms with Crippen LogP contribution < -0.4 is 0 Å². The van der Waals surface area contributed by atoms with Crippen LogP contribution in [0.4, 0.5) is 4.39 Å². The van der Waals surface area contributed by atoms with Gasteiger partial charge in [0.15, 0.2) is 0 Å². The quantitative estimate of drug-likeness (QED) is 0.619. The Morgan fingerprint density at radius 3 is 2.43 bits per heavy atom. The molecule has 0 unspecified atom stereocenters. The van der Waals surface area contributed by atoms with Gasteiger partial charge in [0.1, 0.15) is 5.82 Å². The fraction of sp³-hybridized carbons (Fsp3) is 0.250. The minimum Gasteiger partial charge on any atom is -0.253 e. The van der Waals surface area contributed by atoms with Crippen LogP contribution in [0.2, 0.25) is 0 Å². The highest BCUT2D eigenvalue weighted by molar-refractivity contribution is 5.82. The molecule has 0 spiro atoms. The van der Waals surface area contributed by atoms with E-state index in [2.05, 4.69) is 4.98 Å². The number of hydrogen-bond donors (Lipinski definition) is 0. The van der Waals surface area contributed by atoms with Gasteiger partial charge in [-0.15, -0.1) is 0 Å². The average Bonchev–Trinajstić information content (AvgIpc) is 2.08. The van der Waals surface area contributed by atoms with E-state index in [1.54, 1.807) is 19.1 Å². The maximum absolute atomic E-state index is 13.3. The van der Waals surface area contributed by atoms with Crippen LogP contribution >= 0.6 is 0 Å². The molecule has 72 valence electrons. The number of fused-ring (bicyclic) bond motifs is 1. The van der Waals surface area contributed by atoms with Crippen molar-refractivity contribution in [2.75, 3.05) is 0 Å². The van der Waals surface area contributed by atoms with Gasteiger partial charge in [-0.2, -0.15) is 0 Å². The molecule has 0 fully saturated rings. The highest BCUT2D eigenvalue weighted by atomic mass is 19.1. The number of aromatic nitrogens is 1. The lowest BCUT2D eigenvalue weighted by Gasteiger charge is -2.05. The molecule has 1 nitrogen and oxygen atoms in total. The van der Waals surface area contributed by atoms with Gasteiger partial charge in [0.05, 0.1) is 5.52 Å². The molecule has 0 aliphatic rings. The Labute approximate surface area is 82.6 Å². The Morgan fingerprint density at radius 2 is 1.71 bits per heavy atom. The van der Waals surface area contributed by atoms with Gasteiger partial charge in [-0.05, 0) is 50.1 Å². The Kier molecular flexibility index (Phi) is 1.99. The molecular weight excluding hydrogens is 177 g/mol. The summed E-state index contributed by atoms with van der Waals surface area (Å²) in [6, 6.07) is 5.33. The lowest BCUT2D eigenvalue weighted by Crippen LogP contribution is -1.90. The molecule has 0 atom stereocenters. The van der Waals surface area contributed by atoms with Crippen molar-refractivity contribution in [1.82, 2.24) is 4.98 Å².